The van der Waals surface area contributed by atoms with Crippen LogP contribution >= 0.6 is 0 Å². The molecule has 0 fully saturated rings. The Balaban J connectivity index is 1.73. The van der Waals surface area contributed by atoms with Crippen LogP contribution in [0, 0.1) is 0 Å². The Morgan fingerprint density at radius 1 is 0.939 bits per heavy atom. The molecule has 2 N–H and O–H groups in total. The summed E-state index contributed by atoms with van der Waals surface area (Å²) < 4.78 is 16.6. The van der Waals surface area contributed by atoms with E-state index in [2.05, 4.69) is 5.32 Å². The van der Waals surface area contributed by atoms with Gasteiger partial charge in [0.05, 0.1) is 20.3 Å². The van der Waals surface area contributed by atoms with Gasteiger partial charge in [0.1, 0.15) is 17.7 Å². The summed E-state index contributed by atoms with van der Waals surface area (Å²) in [5.41, 5.74) is 3.75. The SMILES string of the molecule is CCOc1ccc(C2=NC(c3cccc(OC)c3)NC(c3cccc(OCC)c3O)C2)cc1. The van der Waals surface area contributed by atoms with Gasteiger partial charge < -0.3 is 19.3 Å². The van der Waals surface area contributed by atoms with Gasteiger partial charge in [-0.05, 0) is 67.4 Å². The minimum atomic E-state index is -0.296. The molecule has 1 aliphatic heterocycles. The van der Waals surface area contributed by atoms with Crippen molar-refractivity contribution in [3.8, 4) is 23.0 Å². The van der Waals surface area contributed by atoms with Crippen LogP contribution in [0.15, 0.2) is 71.7 Å². The molecule has 172 valence electrons. The highest BCUT2D eigenvalue weighted by molar-refractivity contribution is 6.01. The van der Waals surface area contributed by atoms with Crippen molar-refractivity contribution in [2.75, 3.05) is 20.3 Å². The zero-order valence-corrected chi connectivity index (χ0v) is 19.2. The first-order valence-corrected chi connectivity index (χ1v) is 11.3. The van der Waals surface area contributed by atoms with Gasteiger partial charge >= 0.3 is 0 Å². The average molecular weight is 447 g/mol. The van der Waals surface area contributed by atoms with Gasteiger partial charge in [0.15, 0.2) is 11.5 Å². The van der Waals surface area contributed by atoms with Gasteiger partial charge in [0.25, 0.3) is 0 Å². The van der Waals surface area contributed by atoms with Gasteiger partial charge in [-0.15, -0.1) is 0 Å². The molecule has 0 radical (unpaired) electrons. The van der Waals surface area contributed by atoms with Crippen molar-refractivity contribution in [1.82, 2.24) is 5.32 Å². The Morgan fingerprint density at radius 2 is 1.70 bits per heavy atom. The van der Waals surface area contributed by atoms with Gasteiger partial charge in [-0.1, -0.05) is 24.3 Å². The van der Waals surface area contributed by atoms with E-state index in [0.717, 1.165) is 33.9 Å². The van der Waals surface area contributed by atoms with Crippen molar-refractivity contribution in [3.63, 3.8) is 0 Å². The Kier molecular flexibility index (Phi) is 7.15. The minimum Gasteiger partial charge on any atom is -0.504 e. The van der Waals surface area contributed by atoms with Gasteiger partial charge in [0, 0.05) is 23.7 Å². The molecule has 0 aromatic heterocycles. The predicted octanol–water partition coefficient (Wildman–Crippen LogP) is 5.42. The maximum absolute atomic E-state index is 10.9. The minimum absolute atomic E-state index is 0.152. The van der Waals surface area contributed by atoms with Crippen LogP contribution in [0.25, 0.3) is 0 Å². The fraction of sp³-hybridized carbons (Fsp3) is 0.296. The van der Waals surface area contributed by atoms with E-state index in [0.29, 0.717) is 25.4 Å². The third-order valence-electron chi connectivity index (χ3n) is 5.66. The van der Waals surface area contributed by atoms with Crippen LogP contribution in [-0.2, 0) is 0 Å². The summed E-state index contributed by atoms with van der Waals surface area (Å²) in [6.45, 7) is 4.98. The number of phenols is 1. The summed E-state index contributed by atoms with van der Waals surface area (Å²) in [7, 11) is 1.65. The lowest BCUT2D eigenvalue weighted by molar-refractivity contribution is 0.313. The second-order valence-corrected chi connectivity index (χ2v) is 7.76. The number of hydrogen-bond donors (Lipinski definition) is 2. The van der Waals surface area contributed by atoms with Gasteiger partial charge in [-0.3, -0.25) is 10.3 Å². The average Bonchev–Trinajstić information content (AvgIpc) is 2.86. The summed E-state index contributed by atoms with van der Waals surface area (Å²) in [5, 5.41) is 14.5. The molecule has 6 nitrogen and oxygen atoms in total. The largest absolute Gasteiger partial charge is 0.504 e. The highest BCUT2D eigenvalue weighted by Crippen LogP contribution is 2.39. The standard InChI is InChI=1S/C27H30N2O4/c1-4-32-20-14-12-18(13-15-20)23-17-24(22-10-7-11-25(26(22)30)33-5-2)29-27(28-23)19-8-6-9-21(16-19)31-3/h6-16,24,27,29-30H,4-5,17H2,1-3H3. The van der Waals surface area contributed by atoms with E-state index in [9.17, 15) is 5.11 Å². The molecule has 3 aromatic carbocycles. The van der Waals surface area contributed by atoms with Crippen LogP contribution < -0.4 is 19.5 Å². The molecule has 0 saturated carbocycles. The number of benzene rings is 3. The predicted molar refractivity (Wildman–Crippen MR) is 130 cm³/mol. The topological polar surface area (TPSA) is 72.3 Å². The number of ether oxygens (including phenoxy) is 3. The van der Waals surface area contributed by atoms with Crippen LogP contribution in [0.3, 0.4) is 0 Å². The second kappa shape index (κ2) is 10.4. The van der Waals surface area contributed by atoms with E-state index in [1.54, 1.807) is 13.2 Å². The maximum atomic E-state index is 10.9. The lowest BCUT2D eigenvalue weighted by atomic mass is 9.93. The van der Waals surface area contributed by atoms with E-state index in [1.165, 1.54) is 0 Å². The molecule has 0 aliphatic carbocycles. The number of nitrogens with zero attached hydrogens (tertiary/aromatic N) is 1. The van der Waals surface area contributed by atoms with E-state index >= 15 is 0 Å². The quantitative estimate of drug-likeness (QED) is 0.483. The Bertz CT molecular complexity index is 1110. The Morgan fingerprint density at radius 3 is 2.42 bits per heavy atom. The lowest BCUT2D eigenvalue weighted by Crippen LogP contribution is -2.33. The molecule has 2 unspecified atom stereocenters. The number of hydrogen-bond acceptors (Lipinski definition) is 6. The van der Waals surface area contributed by atoms with Crippen molar-refractivity contribution in [2.24, 2.45) is 4.99 Å². The number of aromatic hydroxyl groups is 1. The molecule has 1 heterocycles. The normalized spacial score (nSPS) is 17.8. The second-order valence-electron chi connectivity index (χ2n) is 7.76. The van der Waals surface area contributed by atoms with E-state index in [4.69, 9.17) is 19.2 Å². The zero-order valence-electron chi connectivity index (χ0n) is 19.2. The highest BCUT2D eigenvalue weighted by Gasteiger charge is 2.28. The number of rotatable bonds is 8. The van der Waals surface area contributed by atoms with Gasteiger partial charge in [0.2, 0.25) is 0 Å². The van der Waals surface area contributed by atoms with Crippen molar-refractivity contribution in [3.05, 3.63) is 83.4 Å². The zero-order chi connectivity index (χ0) is 23.2. The van der Waals surface area contributed by atoms with Crippen LogP contribution in [0.5, 0.6) is 23.0 Å². The first kappa shape index (κ1) is 22.7. The van der Waals surface area contributed by atoms with Crippen molar-refractivity contribution in [1.29, 1.82) is 0 Å². The number of nitrogens with one attached hydrogen (secondary N) is 1. The summed E-state index contributed by atoms with van der Waals surface area (Å²) in [4.78, 5) is 5.03. The van der Waals surface area contributed by atoms with Gasteiger partial charge in [-0.2, -0.15) is 0 Å². The van der Waals surface area contributed by atoms with Crippen molar-refractivity contribution < 1.29 is 19.3 Å². The molecule has 0 amide bonds. The Hall–Kier alpha value is -3.51. The number of para-hydroxylation sites is 1. The molecular weight excluding hydrogens is 416 g/mol. The number of phenolic OH excluding ortho intramolecular Hbond substituents is 1. The smallest absolute Gasteiger partial charge is 0.162 e. The number of aliphatic imine (C=N–C) groups is 1. The third-order valence-corrected chi connectivity index (χ3v) is 5.66. The van der Waals surface area contributed by atoms with Crippen LogP contribution in [-0.4, -0.2) is 31.1 Å². The van der Waals surface area contributed by atoms with Crippen molar-refractivity contribution >= 4 is 5.71 Å². The summed E-state index contributed by atoms with van der Waals surface area (Å²) >= 11 is 0. The highest BCUT2D eigenvalue weighted by atomic mass is 16.5. The Labute approximate surface area is 194 Å². The molecular formula is C27H30N2O4. The molecule has 1 aliphatic rings. The first-order valence-electron chi connectivity index (χ1n) is 11.3. The summed E-state index contributed by atoms with van der Waals surface area (Å²) in [6.07, 6.45) is 0.327. The fourth-order valence-electron chi connectivity index (χ4n) is 4.07. The van der Waals surface area contributed by atoms with E-state index in [1.807, 2.05) is 74.5 Å². The first-order chi connectivity index (χ1) is 16.1. The maximum Gasteiger partial charge on any atom is 0.162 e. The van der Waals surface area contributed by atoms with Crippen LogP contribution in [0.2, 0.25) is 0 Å². The van der Waals surface area contributed by atoms with Crippen LogP contribution in [0.1, 0.15) is 49.2 Å². The molecule has 2 atom stereocenters. The molecule has 3 aromatic rings. The molecule has 4 rings (SSSR count). The summed E-state index contributed by atoms with van der Waals surface area (Å²) in [6, 6.07) is 21.3. The number of methoxy groups -OCH3 is 1. The molecule has 0 bridgehead atoms. The molecule has 0 saturated heterocycles. The van der Waals surface area contributed by atoms with Gasteiger partial charge in [-0.25, -0.2) is 0 Å². The molecule has 0 spiro atoms. The third kappa shape index (κ3) is 5.12. The monoisotopic (exact) mass is 446 g/mol. The molecule has 33 heavy (non-hydrogen) atoms. The lowest BCUT2D eigenvalue weighted by Gasteiger charge is -2.31. The van der Waals surface area contributed by atoms with E-state index in [-0.39, 0.29) is 18.0 Å². The fourth-order valence-corrected chi connectivity index (χ4v) is 4.07. The van der Waals surface area contributed by atoms with Crippen molar-refractivity contribution in [2.45, 2.75) is 32.5 Å². The van der Waals surface area contributed by atoms with E-state index < -0.39 is 0 Å². The summed E-state index contributed by atoms with van der Waals surface area (Å²) in [5.74, 6) is 2.25. The van der Waals surface area contributed by atoms with Crippen LogP contribution in [0.4, 0.5) is 0 Å². The molecule has 6 heteroatoms.